The summed E-state index contributed by atoms with van der Waals surface area (Å²) < 4.78 is 0. The van der Waals surface area contributed by atoms with Crippen LogP contribution >= 0.6 is 0 Å². The third kappa shape index (κ3) is 2.60. The van der Waals surface area contributed by atoms with Gasteiger partial charge in [-0.1, -0.05) is 50.6 Å². The van der Waals surface area contributed by atoms with Crippen molar-refractivity contribution in [2.75, 3.05) is 6.54 Å². The van der Waals surface area contributed by atoms with Gasteiger partial charge in [-0.3, -0.25) is 0 Å². The minimum Gasteiger partial charge on any atom is -0.313 e. The first kappa shape index (κ1) is 10.7. The lowest BCUT2D eigenvalue weighted by Crippen LogP contribution is -2.42. The molecule has 1 aliphatic carbocycles. The zero-order valence-electron chi connectivity index (χ0n) is 9.79. The second kappa shape index (κ2) is 4.36. The van der Waals surface area contributed by atoms with E-state index in [-0.39, 0.29) is 5.41 Å². The van der Waals surface area contributed by atoms with E-state index in [9.17, 15) is 0 Å². The summed E-state index contributed by atoms with van der Waals surface area (Å²) in [5.74, 6) is 0. The standard InChI is InChI=1S/C14H21N/c1-14(2,11-15-13-9-6-10-13)12-7-4-3-5-8-12/h3-5,7-8,13,15H,6,9-11H2,1-2H3. The molecule has 1 nitrogen and oxygen atoms in total. The fraction of sp³-hybridized carbons (Fsp3) is 0.571. The number of benzene rings is 1. The molecular weight excluding hydrogens is 182 g/mol. The summed E-state index contributed by atoms with van der Waals surface area (Å²) in [6.45, 7) is 5.71. The van der Waals surface area contributed by atoms with Gasteiger partial charge in [0.2, 0.25) is 0 Å². The normalized spacial score (nSPS) is 17.5. The maximum Gasteiger partial charge on any atom is 0.00674 e. The largest absolute Gasteiger partial charge is 0.313 e. The molecule has 0 radical (unpaired) electrons. The molecule has 1 saturated carbocycles. The van der Waals surface area contributed by atoms with Crippen LogP contribution in [-0.4, -0.2) is 12.6 Å². The predicted octanol–water partition coefficient (Wildman–Crippen LogP) is 3.11. The molecule has 1 fully saturated rings. The molecule has 0 atom stereocenters. The minimum absolute atomic E-state index is 0.247. The smallest absolute Gasteiger partial charge is 0.00674 e. The van der Waals surface area contributed by atoms with Crippen molar-refractivity contribution in [1.82, 2.24) is 5.32 Å². The molecule has 1 aliphatic rings. The molecule has 0 spiro atoms. The molecule has 2 rings (SSSR count). The monoisotopic (exact) mass is 203 g/mol. The van der Waals surface area contributed by atoms with E-state index in [1.807, 2.05) is 0 Å². The van der Waals surface area contributed by atoms with E-state index in [1.54, 1.807) is 0 Å². The van der Waals surface area contributed by atoms with E-state index in [2.05, 4.69) is 49.5 Å². The van der Waals surface area contributed by atoms with E-state index >= 15 is 0 Å². The van der Waals surface area contributed by atoms with Gasteiger partial charge in [-0.2, -0.15) is 0 Å². The van der Waals surface area contributed by atoms with Crippen LogP contribution < -0.4 is 5.32 Å². The fourth-order valence-corrected chi connectivity index (χ4v) is 2.00. The van der Waals surface area contributed by atoms with E-state index in [4.69, 9.17) is 0 Å². The van der Waals surface area contributed by atoms with Gasteiger partial charge in [-0.15, -0.1) is 0 Å². The van der Waals surface area contributed by atoms with Crippen LogP contribution in [0, 0.1) is 0 Å². The van der Waals surface area contributed by atoms with E-state index in [1.165, 1.54) is 24.8 Å². The summed E-state index contributed by atoms with van der Waals surface area (Å²) in [6.07, 6.45) is 4.14. The van der Waals surface area contributed by atoms with E-state index in [0.717, 1.165) is 12.6 Å². The van der Waals surface area contributed by atoms with Crippen molar-refractivity contribution in [3.05, 3.63) is 35.9 Å². The molecular formula is C14H21N. The summed E-state index contributed by atoms with van der Waals surface area (Å²) >= 11 is 0. The molecule has 0 aromatic heterocycles. The lowest BCUT2D eigenvalue weighted by Gasteiger charge is -2.32. The van der Waals surface area contributed by atoms with Gasteiger partial charge >= 0.3 is 0 Å². The topological polar surface area (TPSA) is 12.0 Å². The van der Waals surface area contributed by atoms with Crippen LogP contribution in [0.5, 0.6) is 0 Å². The Hall–Kier alpha value is -0.820. The van der Waals surface area contributed by atoms with Gasteiger partial charge in [-0.05, 0) is 18.4 Å². The van der Waals surface area contributed by atoms with Crippen molar-refractivity contribution in [2.24, 2.45) is 0 Å². The van der Waals surface area contributed by atoms with Gasteiger partial charge in [0.25, 0.3) is 0 Å². The molecule has 82 valence electrons. The Bertz CT molecular complexity index is 298. The molecule has 0 bridgehead atoms. The van der Waals surface area contributed by atoms with Crippen molar-refractivity contribution in [3.8, 4) is 0 Å². The minimum atomic E-state index is 0.247. The Kier molecular flexibility index (Phi) is 3.11. The quantitative estimate of drug-likeness (QED) is 0.793. The number of nitrogens with one attached hydrogen (secondary N) is 1. The molecule has 1 heteroatoms. The Labute approximate surface area is 92.9 Å². The first-order valence-electron chi connectivity index (χ1n) is 5.97. The molecule has 1 aromatic carbocycles. The van der Waals surface area contributed by atoms with Crippen molar-refractivity contribution < 1.29 is 0 Å². The van der Waals surface area contributed by atoms with Crippen LogP contribution in [0.25, 0.3) is 0 Å². The maximum absolute atomic E-state index is 3.66. The molecule has 0 saturated heterocycles. The summed E-state index contributed by atoms with van der Waals surface area (Å²) in [7, 11) is 0. The highest BCUT2D eigenvalue weighted by atomic mass is 14.9. The van der Waals surface area contributed by atoms with Gasteiger partial charge in [0.05, 0.1) is 0 Å². The second-order valence-electron chi connectivity index (χ2n) is 5.26. The van der Waals surface area contributed by atoms with E-state index in [0.29, 0.717) is 0 Å². The third-order valence-corrected chi connectivity index (χ3v) is 3.49. The van der Waals surface area contributed by atoms with Gasteiger partial charge in [0.1, 0.15) is 0 Å². The van der Waals surface area contributed by atoms with E-state index < -0.39 is 0 Å². The fourth-order valence-electron chi connectivity index (χ4n) is 2.00. The Morgan fingerprint density at radius 3 is 2.40 bits per heavy atom. The highest BCUT2D eigenvalue weighted by molar-refractivity contribution is 5.23. The van der Waals surface area contributed by atoms with Crippen molar-refractivity contribution in [2.45, 2.75) is 44.6 Å². The Morgan fingerprint density at radius 2 is 1.87 bits per heavy atom. The molecule has 1 N–H and O–H groups in total. The van der Waals surface area contributed by atoms with Crippen LogP contribution in [0.15, 0.2) is 30.3 Å². The summed E-state index contributed by atoms with van der Waals surface area (Å²) in [5, 5.41) is 3.66. The first-order chi connectivity index (χ1) is 7.18. The second-order valence-corrected chi connectivity index (χ2v) is 5.26. The van der Waals surface area contributed by atoms with Crippen LogP contribution in [0.1, 0.15) is 38.7 Å². The summed E-state index contributed by atoms with van der Waals surface area (Å²) in [4.78, 5) is 0. The number of hydrogen-bond acceptors (Lipinski definition) is 1. The molecule has 0 aliphatic heterocycles. The zero-order valence-corrected chi connectivity index (χ0v) is 9.79. The lowest BCUT2D eigenvalue weighted by molar-refractivity contribution is 0.311. The van der Waals surface area contributed by atoms with Gasteiger partial charge in [-0.25, -0.2) is 0 Å². The Morgan fingerprint density at radius 1 is 1.20 bits per heavy atom. The van der Waals surface area contributed by atoms with Crippen LogP contribution in [0.3, 0.4) is 0 Å². The van der Waals surface area contributed by atoms with Crippen molar-refractivity contribution in [1.29, 1.82) is 0 Å². The lowest BCUT2D eigenvalue weighted by atomic mass is 9.83. The Balaban J connectivity index is 1.93. The average molecular weight is 203 g/mol. The third-order valence-electron chi connectivity index (χ3n) is 3.49. The highest BCUT2D eigenvalue weighted by Crippen LogP contribution is 2.24. The highest BCUT2D eigenvalue weighted by Gasteiger charge is 2.23. The summed E-state index contributed by atoms with van der Waals surface area (Å²) in [6, 6.07) is 11.6. The van der Waals surface area contributed by atoms with Crippen LogP contribution in [0.4, 0.5) is 0 Å². The number of rotatable bonds is 4. The van der Waals surface area contributed by atoms with Crippen molar-refractivity contribution >= 4 is 0 Å². The predicted molar refractivity (Wildman–Crippen MR) is 65.1 cm³/mol. The molecule has 15 heavy (non-hydrogen) atoms. The van der Waals surface area contributed by atoms with Gasteiger partial charge in [0, 0.05) is 18.0 Å². The summed E-state index contributed by atoms with van der Waals surface area (Å²) in [5.41, 5.74) is 1.67. The maximum atomic E-state index is 3.66. The average Bonchev–Trinajstić information content (AvgIpc) is 2.16. The van der Waals surface area contributed by atoms with Gasteiger partial charge < -0.3 is 5.32 Å². The first-order valence-corrected chi connectivity index (χ1v) is 5.97. The molecule has 0 unspecified atom stereocenters. The zero-order chi connectivity index (χ0) is 10.7. The molecule has 0 amide bonds. The molecule has 1 aromatic rings. The van der Waals surface area contributed by atoms with Gasteiger partial charge in [0.15, 0.2) is 0 Å². The number of hydrogen-bond donors (Lipinski definition) is 1. The van der Waals surface area contributed by atoms with Crippen LogP contribution in [-0.2, 0) is 5.41 Å². The molecule has 0 heterocycles. The van der Waals surface area contributed by atoms with Crippen molar-refractivity contribution in [3.63, 3.8) is 0 Å². The van der Waals surface area contributed by atoms with Crippen LogP contribution in [0.2, 0.25) is 0 Å². The SMILES string of the molecule is CC(C)(CNC1CCC1)c1ccccc1.